The highest BCUT2D eigenvalue weighted by molar-refractivity contribution is 7.12. The minimum absolute atomic E-state index is 0.235. The van der Waals surface area contributed by atoms with Crippen LogP contribution in [0.4, 0.5) is 0 Å². The maximum absolute atomic E-state index is 6.10. The van der Waals surface area contributed by atoms with Crippen LogP contribution >= 0.6 is 22.9 Å². The van der Waals surface area contributed by atoms with Crippen molar-refractivity contribution in [1.82, 2.24) is 5.32 Å². The zero-order valence-corrected chi connectivity index (χ0v) is 12.5. The first kappa shape index (κ1) is 13.6. The van der Waals surface area contributed by atoms with E-state index in [1.165, 1.54) is 20.9 Å². The summed E-state index contributed by atoms with van der Waals surface area (Å²) < 4.78 is 0. The number of hydrogen-bond acceptors (Lipinski definition) is 2. The van der Waals surface area contributed by atoms with Gasteiger partial charge >= 0.3 is 0 Å². The van der Waals surface area contributed by atoms with Crippen molar-refractivity contribution in [2.45, 2.75) is 26.8 Å². The zero-order chi connectivity index (χ0) is 13.1. The highest BCUT2D eigenvalue weighted by atomic mass is 35.5. The normalized spacial score (nSPS) is 12.7. The molecule has 1 unspecified atom stereocenters. The lowest BCUT2D eigenvalue weighted by Crippen LogP contribution is -2.22. The van der Waals surface area contributed by atoms with Gasteiger partial charge < -0.3 is 5.32 Å². The standard InChI is InChI=1S/C15H18ClNS/c1-4-17-15(12-6-5-7-13(16)9-12)14-8-10(2)18-11(14)3/h5-9,15,17H,4H2,1-3H3. The van der Waals surface area contributed by atoms with Gasteiger partial charge in [-0.25, -0.2) is 0 Å². The molecule has 3 heteroatoms. The Kier molecular flexibility index (Phi) is 4.44. The van der Waals surface area contributed by atoms with Crippen molar-refractivity contribution in [3.05, 3.63) is 56.2 Å². The monoisotopic (exact) mass is 279 g/mol. The van der Waals surface area contributed by atoms with E-state index in [9.17, 15) is 0 Å². The topological polar surface area (TPSA) is 12.0 Å². The van der Waals surface area contributed by atoms with Crippen molar-refractivity contribution in [3.8, 4) is 0 Å². The summed E-state index contributed by atoms with van der Waals surface area (Å²) in [5, 5.41) is 4.34. The van der Waals surface area contributed by atoms with E-state index in [1.54, 1.807) is 0 Å². The number of rotatable bonds is 4. The third-order valence-electron chi connectivity index (χ3n) is 2.98. The van der Waals surface area contributed by atoms with E-state index in [0.717, 1.165) is 11.6 Å². The van der Waals surface area contributed by atoms with Gasteiger partial charge in [0.05, 0.1) is 6.04 Å². The zero-order valence-electron chi connectivity index (χ0n) is 11.0. The van der Waals surface area contributed by atoms with Crippen LogP contribution in [0.2, 0.25) is 5.02 Å². The van der Waals surface area contributed by atoms with Crippen LogP contribution in [-0.2, 0) is 0 Å². The van der Waals surface area contributed by atoms with E-state index in [4.69, 9.17) is 11.6 Å². The van der Waals surface area contributed by atoms with E-state index >= 15 is 0 Å². The van der Waals surface area contributed by atoms with Crippen molar-refractivity contribution < 1.29 is 0 Å². The van der Waals surface area contributed by atoms with Gasteiger partial charge in [-0.2, -0.15) is 0 Å². The van der Waals surface area contributed by atoms with Crippen LogP contribution in [-0.4, -0.2) is 6.54 Å². The quantitative estimate of drug-likeness (QED) is 0.854. The molecule has 0 saturated carbocycles. The van der Waals surface area contributed by atoms with Gasteiger partial charge in [-0.3, -0.25) is 0 Å². The molecule has 0 amide bonds. The Bertz CT molecular complexity index is 533. The maximum Gasteiger partial charge on any atom is 0.0588 e. The van der Waals surface area contributed by atoms with Gasteiger partial charge in [0.25, 0.3) is 0 Å². The molecule has 2 aromatic rings. The molecule has 0 aliphatic heterocycles. The number of hydrogen-bond donors (Lipinski definition) is 1. The predicted octanol–water partition coefficient (Wildman–Crippen LogP) is 4.72. The first-order valence-corrected chi connectivity index (χ1v) is 7.37. The molecule has 0 aliphatic carbocycles. The Morgan fingerprint density at radius 2 is 2.06 bits per heavy atom. The summed E-state index contributed by atoms with van der Waals surface area (Å²) in [5.41, 5.74) is 2.59. The number of aryl methyl sites for hydroxylation is 2. The molecular weight excluding hydrogens is 262 g/mol. The predicted molar refractivity (Wildman–Crippen MR) is 80.8 cm³/mol. The molecule has 96 valence electrons. The number of benzene rings is 1. The molecular formula is C15H18ClNS. The second kappa shape index (κ2) is 5.87. The van der Waals surface area contributed by atoms with Crippen LogP contribution in [0, 0.1) is 13.8 Å². The van der Waals surface area contributed by atoms with Crippen molar-refractivity contribution in [1.29, 1.82) is 0 Å². The van der Waals surface area contributed by atoms with Crippen LogP contribution in [0.5, 0.6) is 0 Å². The van der Waals surface area contributed by atoms with E-state index < -0.39 is 0 Å². The lowest BCUT2D eigenvalue weighted by Gasteiger charge is -2.19. The number of thiophene rings is 1. The largest absolute Gasteiger partial charge is 0.306 e. The van der Waals surface area contributed by atoms with E-state index in [2.05, 4.69) is 38.2 Å². The molecule has 1 aromatic heterocycles. The Morgan fingerprint density at radius 3 is 2.61 bits per heavy atom. The average Bonchev–Trinajstić information content (AvgIpc) is 2.65. The molecule has 0 aliphatic rings. The Hall–Kier alpha value is -0.830. The summed E-state index contributed by atoms with van der Waals surface area (Å²) in [6.45, 7) is 7.40. The van der Waals surface area contributed by atoms with Crippen molar-refractivity contribution >= 4 is 22.9 Å². The SMILES string of the molecule is CCNC(c1cccc(Cl)c1)c1cc(C)sc1C. The van der Waals surface area contributed by atoms with E-state index in [-0.39, 0.29) is 6.04 Å². The molecule has 1 aromatic carbocycles. The molecule has 1 atom stereocenters. The van der Waals surface area contributed by atoms with Crippen LogP contribution < -0.4 is 5.32 Å². The van der Waals surface area contributed by atoms with E-state index in [0.29, 0.717) is 0 Å². The third-order valence-corrected chi connectivity index (χ3v) is 4.20. The summed E-state index contributed by atoms with van der Waals surface area (Å²) in [4.78, 5) is 2.73. The second-order valence-corrected chi connectivity index (χ2v) is 6.31. The highest BCUT2D eigenvalue weighted by Gasteiger charge is 2.17. The van der Waals surface area contributed by atoms with Gasteiger partial charge in [-0.15, -0.1) is 11.3 Å². The Labute approximate surface area is 118 Å². The summed E-state index contributed by atoms with van der Waals surface area (Å²) in [6, 6.07) is 10.6. The van der Waals surface area contributed by atoms with Gasteiger partial charge in [0.15, 0.2) is 0 Å². The molecule has 0 bridgehead atoms. The van der Waals surface area contributed by atoms with Crippen molar-refractivity contribution in [2.75, 3.05) is 6.54 Å². The molecule has 0 saturated heterocycles. The number of nitrogens with one attached hydrogen (secondary N) is 1. The summed E-state index contributed by atoms with van der Waals surface area (Å²) >= 11 is 7.95. The molecule has 0 fully saturated rings. The summed E-state index contributed by atoms with van der Waals surface area (Å²) in [6.07, 6.45) is 0. The Morgan fingerprint density at radius 1 is 1.28 bits per heavy atom. The van der Waals surface area contributed by atoms with Crippen LogP contribution in [0.3, 0.4) is 0 Å². The maximum atomic E-state index is 6.10. The molecule has 2 rings (SSSR count). The first-order valence-electron chi connectivity index (χ1n) is 6.17. The highest BCUT2D eigenvalue weighted by Crippen LogP contribution is 2.31. The van der Waals surface area contributed by atoms with Crippen LogP contribution in [0.1, 0.15) is 33.8 Å². The molecule has 0 radical (unpaired) electrons. The molecule has 1 N–H and O–H groups in total. The molecule has 1 heterocycles. The number of halogens is 1. The minimum atomic E-state index is 0.235. The fourth-order valence-corrected chi connectivity index (χ4v) is 3.40. The lowest BCUT2D eigenvalue weighted by molar-refractivity contribution is 0.630. The molecule has 18 heavy (non-hydrogen) atoms. The smallest absolute Gasteiger partial charge is 0.0588 e. The minimum Gasteiger partial charge on any atom is -0.306 e. The van der Waals surface area contributed by atoms with E-state index in [1.807, 2.05) is 29.5 Å². The van der Waals surface area contributed by atoms with Crippen LogP contribution in [0.25, 0.3) is 0 Å². The van der Waals surface area contributed by atoms with Gasteiger partial charge in [-0.05, 0) is 49.7 Å². The summed E-state index contributed by atoms with van der Waals surface area (Å²) in [7, 11) is 0. The summed E-state index contributed by atoms with van der Waals surface area (Å²) in [5.74, 6) is 0. The van der Waals surface area contributed by atoms with Gasteiger partial charge in [0.2, 0.25) is 0 Å². The first-order chi connectivity index (χ1) is 8.61. The van der Waals surface area contributed by atoms with Crippen molar-refractivity contribution in [3.63, 3.8) is 0 Å². The van der Waals surface area contributed by atoms with Gasteiger partial charge in [0, 0.05) is 14.8 Å². The third kappa shape index (κ3) is 2.94. The Balaban J connectivity index is 2.42. The molecule has 0 spiro atoms. The van der Waals surface area contributed by atoms with Gasteiger partial charge in [0.1, 0.15) is 0 Å². The van der Waals surface area contributed by atoms with Gasteiger partial charge in [-0.1, -0.05) is 30.7 Å². The van der Waals surface area contributed by atoms with Crippen molar-refractivity contribution in [2.24, 2.45) is 0 Å². The fraction of sp³-hybridized carbons (Fsp3) is 0.333. The average molecular weight is 280 g/mol. The second-order valence-electron chi connectivity index (χ2n) is 4.41. The lowest BCUT2D eigenvalue weighted by atomic mass is 9.99. The molecule has 1 nitrogen and oxygen atoms in total. The fourth-order valence-electron chi connectivity index (χ4n) is 2.23. The van der Waals surface area contributed by atoms with Crippen LogP contribution in [0.15, 0.2) is 30.3 Å².